The Morgan fingerprint density at radius 3 is 2.80 bits per heavy atom. The normalized spacial score (nSPS) is 10.0. The average Bonchev–Trinajstić information content (AvgIpc) is 2.16. The van der Waals surface area contributed by atoms with Gasteiger partial charge in [0.05, 0.1) is 0 Å². The van der Waals surface area contributed by atoms with Gasteiger partial charge in [0.1, 0.15) is 5.82 Å². The van der Waals surface area contributed by atoms with Crippen LogP contribution in [-0.4, -0.2) is 23.1 Å². The molecular weight excluding hydrogens is 188 g/mol. The Morgan fingerprint density at radius 1 is 1.53 bits per heavy atom. The maximum Gasteiger partial charge on any atom is 0.222 e. The number of nitrogen functional groups attached to an aromatic ring is 1. The van der Waals surface area contributed by atoms with Gasteiger partial charge in [0.15, 0.2) is 0 Å². The van der Waals surface area contributed by atoms with Crippen LogP contribution in [0.2, 0.25) is 0 Å². The Balaban J connectivity index is 2.93. The van der Waals surface area contributed by atoms with Crippen molar-refractivity contribution in [1.29, 1.82) is 0 Å². The van der Waals surface area contributed by atoms with E-state index < -0.39 is 0 Å². The van der Waals surface area contributed by atoms with Crippen molar-refractivity contribution in [3.8, 4) is 0 Å². The molecule has 4 heteroatoms. The van der Waals surface area contributed by atoms with Gasteiger partial charge in [-0.25, -0.2) is 4.98 Å². The third-order valence-corrected chi connectivity index (χ3v) is 2.02. The largest absolute Gasteiger partial charge is 0.368 e. The molecule has 0 aliphatic rings. The van der Waals surface area contributed by atoms with E-state index in [2.05, 4.69) is 28.4 Å². The molecule has 1 aromatic rings. The second-order valence-corrected chi connectivity index (χ2v) is 3.46. The number of rotatable bonds is 5. The number of hydrogen-bond donors (Lipinski definition) is 1. The van der Waals surface area contributed by atoms with Gasteiger partial charge in [-0.1, -0.05) is 13.0 Å². The topological polar surface area (TPSA) is 55.0 Å². The van der Waals surface area contributed by atoms with E-state index in [1.54, 1.807) is 0 Å². The van der Waals surface area contributed by atoms with Crippen molar-refractivity contribution in [2.75, 3.05) is 23.7 Å². The molecular formula is C11H18N4. The fraction of sp³-hybridized carbons (Fsp3) is 0.455. The van der Waals surface area contributed by atoms with Crippen molar-refractivity contribution >= 4 is 11.8 Å². The summed E-state index contributed by atoms with van der Waals surface area (Å²) in [5, 5.41) is 0. The lowest BCUT2D eigenvalue weighted by atomic mass is 10.3. The van der Waals surface area contributed by atoms with Crippen molar-refractivity contribution < 1.29 is 0 Å². The van der Waals surface area contributed by atoms with Crippen LogP contribution < -0.4 is 10.6 Å². The second-order valence-electron chi connectivity index (χ2n) is 3.46. The van der Waals surface area contributed by atoms with Gasteiger partial charge >= 0.3 is 0 Å². The van der Waals surface area contributed by atoms with Crippen molar-refractivity contribution in [3.63, 3.8) is 0 Å². The molecule has 0 saturated carbocycles. The number of hydrogen-bond acceptors (Lipinski definition) is 4. The zero-order valence-corrected chi connectivity index (χ0v) is 9.40. The molecule has 0 bridgehead atoms. The minimum absolute atomic E-state index is 0.329. The predicted molar refractivity (Wildman–Crippen MR) is 63.9 cm³/mol. The monoisotopic (exact) mass is 206 g/mol. The Morgan fingerprint density at radius 2 is 2.27 bits per heavy atom. The molecule has 0 amide bonds. The lowest BCUT2D eigenvalue weighted by molar-refractivity contribution is 0.799. The molecule has 1 aromatic heterocycles. The number of nitrogens with two attached hydrogens (primary N) is 1. The summed E-state index contributed by atoms with van der Waals surface area (Å²) in [5.74, 6) is 1.21. The standard InChI is InChI=1S/C11H18N4/c1-4-6-15(7-5-2)10-8-9(3)13-11(12)14-10/h4,8H,1,5-7H2,2-3H3,(H2,12,13,14). The van der Waals surface area contributed by atoms with Crippen LogP contribution in [0.4, 0.5) is 11.8 Å². The minimum atomic E-state index is 0.329. The van der Waals surface area contributed by atoms with Crippen LogP contribution in [-0.2, 0) is 0 Å². The Kier molecular flexibility index (Phi) is 4.09. The van der Waals surface area contributed by atoms with E-state index >= 15 is 0 Å². The van der Waals surface area contributed by atoms with Gasteiger partial charge in [0.25, 0.3) is 0 Å². The number of anilines is 2. The molecule has 0 unspecified atom stereocenters. The summed E-state index contributed by atoms with van der Waals surface area (Å²) in [6.07, 6.45) is 2.93. The summed E-state index contributed by atoms with van der Waals surface area (Å²) < 4.78 is 0. The summed E-state index contributed by atoms with van der Waals surface area (Å²) in [6, 6.07) is 1.94. The van der Waals surface area contributed by atoms with E-state index in [9.17, 15) is 0 Å². The zero-order chi connectivity index (χ0) is 11.3. The maximum atomic E-state index is 5.61. The maximum absolute atomic E-state index is 5.61. The van der Waals surface area contributed by atoms with E-state index in [0.29, 0.717) is 5.95 Å². The van der Waals surface area contributed by atoms with Crippen molar-refractivity contribution in [2.24, 2.45) is 0 Å². The number of aryl methyl sites for hydroxylation is 1. The molecule has 82 valence electrons. The fourth-order valence-electron chi connectivity index (χ4n) is 1.46. The highest BCUT2D eigenvalue weighted by molar-refractivity contribution is 5.43. The van der Waals surface area contributed by atoms with Crippen LogP contribution in [0.1, 0.15) is 19.0 Å². The molecule has 4 nitrogen and oxygen atoms in total. The van der Waals surface area contributed by atoms with Crippen LogP contribution >= 0.6 is 0 Å². The molecule has 2 N–H and O–H groups in total. The molecule has 1 heterocycles. The van der Waals surface area contributed by atoms with Crippen LogP contribution in [0.5, 0.6) is 0 Å². The highest BCUT2D eigenvalue weighted by Crippen LogP contribution is 2.13. The minimum Gasteiger partial charge on any atom is -0.368 e. The molecule has 1 rings (SSSR count). The van der Waals surface area contributed by atoms with Crippen LogP contribution in [0.25, 0.3) is 0 Å². The molecule has 0 radical (unpaired) electrons. The third kappa shape index (κ3) is 3.23. The van der Waals surface area contributed by atoms with E-state index in [0.717, 1.165) is 31.0 Å². The highest BCUT2D eigenvalue weighted by atomic mass is 15.2. The Labute approximate surface area is 90.8 Å². The van der Waals surface area contributed by atoms with Gasteiger partial charge in [-0.05, 0) is 13.3 Å². The van der Waals surface area contributed by atoms with Gasteiger partial charge < -0.3 is 10.6 Å². The molecule has 0 atom stereocenters. The first-order valence-electron chi connectivity index (χ1n) is 5.14. The average molecular weight is 206 g/mol. The summed E-state index contributed by atoms with van der Waals surface area (Å²) in [4.78, 5) is 10.4. The van der Waals surface area contributed by atoms with Crippen molar-refractivity contribution in [1.82, 2.24) is 9.97 Å². The Bertz CT molecular complexity index is 315. The summed E-state index contributed by atoms with van der Waals surface area (Å²) in [5.41, 5.74) is 6.51. The lowest BCUT2D eigenvalue weighted by Crippen LogP contribution is -2.25. The summed E-state index contributed by atoms with van der Waals surface area (Å²) in [6.45, 7) is 9.51. The van der Waals surface area contributed by atoms with E-state index in [4.69, 9.17) is 5.73 Å². The van der Waals surface area contributed by atoms with Gasteiger partial charge in [-0.2, -0.15) is 4.98 Å². The van der Waals surface area contributed by atoms with Crippen LogP contribution in [0, 0.1) is 6.92 Å². The molecule has 0 fully saturated rings. The molecule has 15 heavy (non-hydrogen) atoms. The van der Waals surface area contributed by atoms with E-state index in [1.165, 1.54) is 0 Å². The second kappa shape index (κ2) is 5.34. The predicted octanol–water partition coefficient (Wildman–Crippen LogP) is 1.77. The highest BCUT2D eigenvalue weighted by Gasteiger charge is 2.06. The van der Waals surface area contributed by atoms with Crippen LogP contribution in [0.15, 0.2) is 18.7 Å². The molecule has 0 spiro atoms. The van der Waals surface area contributed by atoms with Gasteiger partial charge in [-0.3, -0.25) is 0 Å². The fourth-order valence-corrected chi connectivity index (χ4v) is 1.46. The van der Waals surface area contributed by atoms with Crippen molar-refractivity contribution in [3.05, 3.63) is 24.4 Å². The van der Waals surface area contributed by atoms with Gasteiger partial charge in [0, 0.05) is 24.8 Å². The summed E-state index contributed by atoms with van der Waals surface area (Å²) in [7, 11) is 0. The number of nitrogens with zero attached hydrogens (tertiary/aromatic N) is 3. The smallest absolute Gasteiger partial charge is 0.222 e. The lowest BCUT2D eigenvalue weighted by Gasteiger charge is -2.21. The first-order chi connectivity index (χ1) is 7.17. The first-order valence-corrected chi connectivity index (χ1v) is 5.14. The quantitative estimate of drug-likeness (QED) is 0.746. The molecule has 0 saturated heterocycles. The van der Waals surface area contributed by atoms with Gasteiger partial charge in [-0.15, -0.1) is 6.58 Å². The molecule has 0 aliphatic heterocycles. The SMILES string of the molecule is C=CCN(CCC)c1cc(C)nc(N)n1. The summed E-state index contributed by atoms with van der Waals surface area (Å²) >= 11 is 0. The molecule has 0 aromatic carbocycles. The molecule has 0 aliphatic carbocycles. The zero-order valence-electron chi connectivity index (χ0n) is 9.40. The Hall–Kier alpha value is -1.58. The van der Waals surface area contributed by atoms with Gasteiger partial charge in [0.2, 0.25) is 5.95 Å². The van der Waals surface area contributed by atoms with Crippen molar-refractivity contribution in [2.45, 2.75) is 20.3 Å². The van der Waals surface area contributed by atoms with E-state index in [-0.39, 0.29) is 0 Å². The third-order valence-electron chi connectivity index (χ3n) is 2.02. The van der Waals surface area contributed by atoms with Crippen LogP contribution in [0.3, 0.4) is 0 Å². The first kappa shape index (κ1) is 11.5. The van der Waals surface area contributed by atoms with E-state index in [1.807, 2.05) is 19.1 Å². The number of aromatic nitrogens is 2.